The lowest BCUT2D eigenvalue weighted by Crippen LogP contribution is -2.22. The fourth-order valence-corrected chi connectivity index (χ4v) is 3.32. The average molecular weight is 361 g/mol. The molecule has 0 aliphatic heterocycles. The number of carbonyl (C=O) groups excluding carboxylic acids is 1. The van der Waals surface area contributed by atoms with Crippen LogP contribution >= 0.6 is 38.2 Å². The lowest BCUT2D eigenvalue weighted by molar-refractivity contribution is 0.0827. The molecule has 0 spiro atoms. The van der Waals surface area contributed by atoms with Crippen LogP contribution in [0.2, 0.25) is 5.02 Å². The lowest BCUT2D eigenvalue weighted by Gasteiger charge is -2.13. The van der Waals surface area contributed by atoms with Crippen molar-refractivity contribution in [1.29, 1.82) is 0 Å². The van der Waals surface area contributed by atoms with Gasteiger partial charge in [0.2, 0.25) is 0 Å². The van der Waals surface area contributed by atoms with E-state index in [0.29, 0.717) is 4.47 Å². The van der Waals surface area contributed by atoms with E-state index in [9.17, 15) is 13.2 Å². The Morgan fingerprint density at radius 3 is 2.29 bits per heavy atom. The SMILES string of the molecule is CN(C)C(=O)c1cc(Br)cc(S(=O)(=O)Cl)c1Cl. The molecule has 1 rings (SSSR count). The number of rotatable bonds is 2. The van der Waals surface area contributed by atoms with Crippen molar-refractivity contribution in [1.82, 2.24) is 4.90 Å². The summed E-state index contributed by atoms with van der Waals surface area (Å²) >= 11 is 8.98. The van der Waals surface area contributed by atoms with E-state index in [1.54, 1.807) is 0 Å². The summed E-state index contributed by atoms with van der Waals surface area (Å²) in [6.07, 6.45) is 0. The maximum atomic E-state index is 11.8. The van der Waals surface area contributed by atoms with Crippen molar-refractivity contribution >= 4 is 53.2 Å². The molecule has 0 fully saturated rings. The quantitative estimate of drug-likeness (QED) is 0.762. The van der Waals surface area contributed by atoms with Crippen LogP contribution in [0.5, 0.6) is 0 Å². The van der Waals surface area contributed by atoms with Crippen molar-refractivity contribution in [2.75, 3.05) is 14.1 Å². The summed E-state index contributed by atoms with van der Waals surface area (Å²) in [5, 5.41) is -0.179. The van der Waals surface area contributed by atoms with E-state index in [4.69, 9.17) is 22.3 Å². The summed E-state index contributed by atoms with van der Waals surface area (Å²) in [4.78, 5) is 12.8. The van der Waals surface area contributed by atoms with Gasteiger partial charge in [-0.3, -0.25) is 4.79 Å². The number of hydrogen-bond acceptors (Lipinski definition) is 3. The number of benzene rings is 1. The summed E-state index contributed by atoms with van der Waals surface area (Å²) in [5.74, 6) is -0.405. The Labute approximate surface area is 117 Å². The van der Waals surface area contributed by atoms with E-state index >= 15 is 0 Å². The molecule has 1 amide bonds. The van der Waals surface area contributed by atoms with Crippen LogP contribution in [0.25, 0.3) is 0 Å². The van der Waals surface area contributed by atoms with Gasteiger partial charge >= 0.3 is 0 Å². The minimum Gasteiger partial charge on any atom is -0.345 e. The van der Waals surface area contributed by atoms with Gasteiger partial charge in [0.05, 0.1) is 10.6 Å². The van der Waals surface area contributed by atoms with Gasteiger partial charge in [0.25, 0.3) is 15.0 Å². The topological polar surface area (TPSA) is 54.5 Å². The predicted octanol–water partition coefficient (Wildman–Crippen LogP) is 2.73. The Kier molecular flexibility index (Phi) is 4.46. The van der Waals surface area contributed by atoms with Crippen molar-refractivity contribution in [3.8, 4) is 0 Å². The van der Waals surface area contributed by atoms with Gasteiger partial charge in [0, 0.05) is 29.3 Å². The van der Waals surface area contributed by atoms with E-state index in [0.717, 1.165) is 0 Å². The van der Waals surface area contributed by atoms with Crippen LogP contribution in [0, 0.1) is 0 Å². The zero-order valence-electron chi connectivity index (χ0n) is 8.87. The third kappa shape index (κ3) is 3.34. The molecule has 0 aliphatic rings. The molecule has 17 heavy (non-hydrogen) atoms. The molecule has 0 aliphatic carbocycles. The van der Waals surface area contributed by atoms with E-state index in [-0.39, 0.29) is 15.5 Å². The van der Waals surface area contributed by atoms with Crippen LogP contribution in [-0.4, -0.2) is 33.3 Å². The molecule has 0 saturated heterocycles. The molecule has 1 aromatic rings. The van der Waals surface area contributed by atoms with E-state index in [1.807, 2.05) is 0 Å². The fraction of sp³-hybridized carbons (Fsp3) is 0.222. The molecule has 4 nitrogen and oxygen atoms in total. The Bertz CT molecular complexity index is 572. The van der Waals surface area contributed by atoms with Gasteiger partial charge in [-0.1, -0.05) is 27.5 Å². The molecule has 94 valence electrons. The molecular formula is C9H8BrCl2NO3S. The Morgan fingerprint density at radius 1 is 1.35 bits per heavy atom. The van der Waals surface area contributed by atoms with E-state index in [2.05, 4.69) is 15.9 Å². The minimum atomic E-state index is -4.00. The van der Waals surface area contributed by atoms with Crippen molar-refractivity contribution in [2.45, 2.75) is 4.90 Å². The summed E-state index contributed by atoms with van der Waals surface area (Å²) in [5.41, 5.74) is 0.0743. The number of hydrogen-bond donors (Lipinski definition) is 0. The summed E-state index contributed by atoms with van der Waals surface area (Å²) in [6.45, 7) is 0. The third-order valence-electron chi connectivity index (χ3n) is 1.90. The van der Waals surface area contributed by atoms with Gasteiger partial charge < -0.3 is 4.90 Å². The van der Waals surface area contributed by atoms with Crippen LogP contribution in [0.1, 0.15) is 10.4 Å². The molecule has 0 radical (unpaired) electrons. The standard InChI is InChI=1S/C9H8BrCl2NO3S/c1-13(2)9(14)6-3-5(10)4-7(8(6)11)17(12,15)16/h3-4H,1-2H3. The first-order valence-electron chi connectivity index (χ1n) is 4.30. The molecule has 1 aromatic carbocycles. The van der Waals surface area contributed by atoms with Crippen LogP contribution < -0.4 is 0 Å². The zero-order valence-corrected chi connectivity index (χ0v) is 12.8. The molecule has 8 heteroatoms. The molecule has 0 bridgehead atoms. The first-order chi connectivity index (χ1) is 7.64. The van der Waals surface area contributed by atoms with Crippen molar-refractivity contribution in [3.05, 3.63) is 27.2 Å². The highest BCUT2D eigenvalue weighted by Crippen LogP contribution is 2.32. The van der Waals surface area contributed by atoms with Crippen molar-refractivity contribution in [2.24, 2.45) is 0 Å². The maximum Gasteiger partial charge on any atom is 0.262 e. The van der Waals surface area contributed by atoms with Crippen molar-refractivity contribution < 1.29 is 13.2 Å². The normalized spacial score (nSPS) is 11.4. The first-order valence-corrected chi connectivity index (χ1v) is 7.78. The van der Waals surface area contributed by atoms with Crippen LogP contribution in [-0.2, 0) is 9.05 Å². The second-order valence-corrected chi connectivity index (χ2v) is 7.23. The lowest BCUT2D eigenvalue weighted by atomic mass is 10.2. The van der Waals surface area contributed by atoms with Gasteiger partial charge in [-0.15, -0.1) is 0 Å². The molecule has 0 atom stereocenters. The Morgan fingerprint density at radius 2 is 1.88 bits per heavy atom. The molecule has 0 N–H and O–H groups in total. The molecule has 0 saturated carbocycles. The summed E-state index contributed by atoms with van der Waals surface area (Å²) in [7, 11) is 4.31. The molecule has 0 aromatic heterocycles. The number of amides is 1. The van der Waals surface area contributed by atoms with Gasteiger partial charge in [-0.25, -0.2) is 8.42 Å². The molecular weight excluding hydrogens is 353 g/mol. The number of nitrogens with zero attached hydrogens (tertiary/aromatic N) is 1. The highest BCUT2D eigenvalue weighted by atomic mass is 79.9. The monoisotopic (exact) mass is 359 g/mol. The van der Waals surface area contributed by atoms with E-state index in [1.165, 1.54) is 31.1 Å². The van der Waals surface area contributed by atoms with E-state index < -0.39 is 15.0 Å². The minimum absolute atomic E-state index is 0.0743. The highest BCUT2D eigenvalue weighted by Gasteiger charge is 2.22. The maximum absolute atomic E-state index is 11.8. The predicted molar refractivity (Wildman–Crippen MR) is 70.2 cm³/mol. The Balaban J connectivity index is 3.56. The molecule has 0 heterocycles. The zero-order chi connectivity index (χ0) is 13.4. The van der Waals surface area contributed by atoms with Crippen LogP contribution in [0.4, 0.5) is 0 Å². The fourth-order valence-electron chi connectivity index (χ4n) is 1.14. The number of halogens is 3. The Hall–Kier alpha value is -0.300. The average Bonchev–Trinajstić information content (AvgIpc) is 2.18. The van der Waals surface area contributed by atoms with Gasteiger partial charge in [0.15, 0.2) is 0 Å². The molecule has 0 unspecified atom stereocenters. The smallest absolute Gasteiger partial charge is 0.262 e. The number of carbonyl (C=O) groups is 1. The second-order valence-electron chi connectivity index (χ2n) is 3.40. The summed E-state index contributed by atoms with van der Waals surface area (Å²) in [6, 6.07) is 2.69. The third-order valence-corrected chi connectivity index (χ3v) is 4.23. The van der Waals surface area contributed by atoms with Crippen LogP contribution in [0.15, 0.2) is 21.5 Å². The summed E-state index contributed by atoms with van der Waals surface area (Å²) < 4.78 is 23.0. The van der Waals surface area contributed by atoms with Gasteiger partial charge in [0.1, 0.15) is 4.90 Å². The highest BCUT2D eigenvalue weighted by molar-refractivity contribution is 9.10. The second kappa shape index (κ2) is 5.14. The van der Waals surface area contributed by atoms with Crippen LogP contribution in [0.3, 0.4) is 0 Å². The van der Waals surface area contributed by atoms with Gasteiger partial charge in [-0.05, 0) is 12.1 Å². The van der Waals surface area contributed by atoms with Gasteiger partial charge in [-0.2, -0.15) is 0 Å². The first kappa shape index (κ1) is 14.8. The van der Waals surface area contributed by atoms with Crippen molar-refractivity contribution in [3.63, 3.8) is 0 Å². The largest absolute Gasteiger partial charge is 0.345 e.